The number of carbonyl (C=O) groups excluding carboxylic acids is 1. The number of carbonyl (C=O) groups is 2. The largest absolute Gasteiger partial charge is 0.481 e. The molecule has 0 aromatic heterocycles. The van der Waals surface area contributed by atoms with Crippen molar-refractivity contribution in [2.75, 3.05) is 13.1 Å². The van der Waals surface area contributed by atoms with Crippen LogP contribution in [0.3, 0.4) is 0 Å². The van der Waals surface area contributed by atoms with E-state index in [9.17, 15) is 14.7 Å². The Morgan fingerprint density at radius 3 is 2.11 bits per heavy atom. The van der Waals surface area contributed by atoms with Crippen LogP contribution in [-0.2, 0) is 4.79 Å². The van der Waals surface area contributed by atoms with Gasteiger partial charge >= 0.3 is 12.0 Å². The van der Waals surface area contributed by atoms with E-state index in [-0.39, 0.29) is 12.6 Å². The Morgan fingerprint density at radius 2 is 1.63 bits per heavy atom. The molecule has 0 fully saturated rings. The third-order valence-corrected chi connectivity index (χ3v) is 3.71. The van der Waals surface area contributed by atoms with Gasteiger partial charge in [0.25, 0.3) is 0 Å². The highest BCUT2D eigenvalue weighted by atomic mass is 16.4. The van der Waals surface area contributed by atoms with Gasteiger partial charge < -0.3 is 15.7 Å². The summed E-state index contributed by atoms with van der Waals surface area (Å²) in [5.74, 6) is -0.847. The summed E-state index contributed by atoms with van der Waals surface area (Å²) in [5.41, 5.74) is -0.848. The average molecular weight is 272 g/mol. The topological polar surface area (TPSA) is 78.4 Å². The van der Waals surface area contributed by atoms with Crippen LogP contribution in [0.5, 0.6) is 0 Å². The molecule has 0 aliphatic heterocycles. The molecular formula is C14H28N2O3. The fourth-order valence-corrected chi connectivity index (χ4v) is 1.94. The van der Waals surface area contributed by atoms with E-state index in [1.54, 1.807) is 0 Å². The summed E-state index contributed by atoms with van der Waals surface area (Å²) in [7, 11) is 0. The third-order valence-electron chi connectivity index (χ3n) is 3.71. The summed E-state index contributed by atoms with van der Waals surface area (Å²) in [6.07, 6.45) is 5.44. The molecule has 0 heterocycles. The standard InChI is InChI=1S/C14H28N2O3/c1-4-7-8-9-10-15-13(19)16-11-14(5-2,6-3)12(17)18/h4-11H2,1-3H3,(H,17,18)(H2,15,16,19). The van der Waals surface area contributed by atoms with E-state index in [4.69, 9.17) is 0 Å². The Balaban J connectivity index is 3.96. The van der Waals surface area contributed by atoms with Gasteiger partial charge in [0.1, 0.15) is 0 Å². The molecule has 5 nitrogen and oxygen atoms in total. The molecule has 0 unspecified atom stereocenters. The number of hydrogen-bond acceptors (Lipinski definition) is 2. The zero-order valence-corrected chi connectivity index (χ0v) is 12.4. The lowest BCUT2D eigenvalue weighted by Crippen LogP contribution is -2.46. The smallest absolute Gasteiger partial charge is 0.314 e. The fraction of sp³-hybridized carbons (Fsp3) is 0.857. The summed E-state index contributed by atoms with van der Waals surface area (Å²) in [6, 6.07) is -0.274. The number of hydrogen-bond donors (Lipinski definition) is 3. The molecule has 0 rings (SSSR count). The molecule has 19 heavy (non-hydrogen) atoms. The van der Waals surface area contributed by atoms with Crippen molar-refractivity contribution in [3.8, 4) is 0 Å². The SMILES string of the molecule is CCCCCCNC(=O)NCC(CC)(CC)C(=O)O. The molecule has 0 saturated carbocycles. The average Bonchev–Trinajstić information content (AvgIpc) is 2.40. The van der Waals surface area contributed by atoms with Crippen LogP contribution in [0.15, 0.2) is 0 Å². The van der Waals surface area contributed by atoms with E-state index in [1.165, 1.54) is 12.8 Å². The Morgan fingerprint density at radius 1 is 1.00 bits per heavy atom. The molecule has 2 amide bonds. The molecular weight excluding hydrogens is 244 g/mol. The highest BCUT2D eigenvalue weighted by Gasteiger charge is 2.35. The Labute approximate surface area is 116 Å². The number of urea groups is 1. The summed E-state index contributed by atoms with van der Waals surface area (Å²) >= 11 is 0. The third kappa shape index (κ3) is 6.45. The second-order valence-electron chi connectivity index (χ2n) is 4.96. The summed E-state index contributed by atoms with van der Waals surface area (Å²) < 4.78 is 0. The minimum atomic E-state index is -0.848. The number of rotatable bonds is 10. The maximum absolute atomic E-state index is 11.6. The number of nitrogens with one attached hydrogen (secondary N) is 2. The van der Waals surface area contributed by atoms with Gasteiger partial charge in [-0.15, -0.1) is 0 Å². The van der Waals surface area contributed by atoms with Crippen LogP contribution in [0.4, 0.5) is 4.79 Å². The van der Waals surface area contributed by atoms with Crippen molar-refractivity contribution < 1.29 is 14.7 Å². The highest BCUT2D eigenvalue weighted by Crippen LogP contribution is 2.25. The van der Waals surface area contributed by atoms with Gasteiger partial charge in [-0.25, -0.2) is 4.79 Å². The minimum absolute atomic E-state index is 0.177. The molecule has 5 heteroatoms. The number of unbranched alkanes of at least 4 members (excludes halogenated alkanes) is 3. The second-order valence-corrected chi connectivity index (χ2v) is 4.96. The fourth-order valence-electron chi connectivity index (χ4n) is 1.94. The molecule has 0 aromatic carbocycles. The Bertz CT molecular complexity index is 276. The van der Waals surface area contributed by atoms with Crippen LogP contribution < -0.4 is 10.6 Å². The van der Waals surface area contributed by atoms with Crippen LogP contribution in [0.25, 0.3) is 0 Å². The molecule has 0 saturated heterocycles. The molecule has 112 valence electrons. The van der Waals surface area contributed by atoms with Gasteiger partial charge in [-0.05, 0) is 19.3 Å². The number of carboxylic acid groups (broad SMARTS) is 1. The van der Waals surface area contributed by atoms with Crippen molar-refractivity contribution in [2.24, 2.45) is 5.41 Å². The van der Waals surface area contributed by atoms with Crippen molar-refractivity contribution in [1.29, 1.82) is 0 Å². The van der Waals surface area contributed by atoms with E-state index >= 15 is 0 Å². The van der Waals surface area contributed by atoms with Crippen molar-refractivity contribution in [2.45, 2.75) is 59.3 Å². The molecule has 0 aromatic rings. The van der Waals surface area contributed by atoms with Gasteiger partial charge in [0.15, 0.2) is 0 Å². The zero-order valence-electron chi connectivity index (χ0n) is 12.4. The molecule has 3 N–H and O–H groups in total. The lowest BCUT2D eigenvalue weighted by Gasteiger charge is -2.26. The van der Waals surface area contributed by atoms with E-state index in [0.717, 1.165) is 12.8 Å². The van der Waals surface area contributed by atoms with Crippen LogP contribution in [-0.4, -0.2) is 30.2 Å². The maximum Gasteiger partial charge on any atom is 0.314 e. The van der Waals surface area contributed by atoms with Crippen LogP contribution >= 0.6 is 0 Å². The molecule has 0 bridgehead atoms. The zero-order chi connectivity index (χ0) is 14.7. The van der Waals surface area contributed by atoms with E-state index in [0.29, 0.717) is 19.4 Å². The van der Waals surface area contributed by atoms with Gasteiger partial charge in [0.2, 0.25) is 0 Å². The number of carboxylic acids is 1. The van der Waals surface area contributed by atoms with Gasteiger partial charge in [0.05, 0.1) is 5.41 Å². The van der Waals surface area contributed by atoms with Gasteiger partial charge in [-0.1, -0.05) is 40.0 Å². The van der Waals surface area contributed by atoms with Crippen LogP contribution in [0.1, 0.15) is 59.3 Å². The first-order chi connectivity index (χ1) is 9.02. The van der Waals surface area contributed by atoms with Crippen LogP contribution in [0.2, 0.25) is 0 Å². The maximum atomic E-state index is 11.6. The lowest BCUT2D eigenvalue weighted by atomic mass is 9.82. The monoisotopic (exact) mass is 272 g/mol. The van der Waals surface area contributed by atoms with Gasteiger partial charge in [-0.3, -0.25) is 4.79 Å². The molecule has 0 atom stereocenters. The minimum Gasteiger partial charge on any atom is -0.481 e. The molecule has 0 aliphatic rings. The molecule has 0 spiro atoms. The highest BCUT2D eigenvalue weighted by molar-refractivity contribution is 5.78. The first-order valence-corrected chi connectivity index (χ1v) is 7.27. The molecule has 0 aliphatic carbocycles. The van der Waals surface area contributed by atoms with E-state index < -0.39 is 11.4 Å². The lowest BCUT2D eigenvalue weighted by molar-refractivity contribution is -0.149. The van der Waals surface area contributed by atoms with E-state index in [1.807, 2.05) is 13.8 Å². The van der Waals surface area contributed by atoms with Crippen molar-refractivity contribution >= 4 is 12.0 Å². The number of amides is 2. The summed E-state index contributed by atoms with van der Waals surface area (Å²) in [4.78, 5) is 22.8. The van der Waals surface area contributed by atoms with Crippen LogP contribution in [0, 0.1) is 5.41 Å². The second kappa shape index (κ2) is 9.64. The predicted octanol–water partition coefficient (Wildman–Crippen LogP) is 2.76. The first kappa shape index (κ1) is 17.7. The van der Waals surface area contributed by atoms with Crippen molar-refractivity contribution in [1.82, 2.24) is 10.6 Å². The predicted molar refractivity (Wildman–Crippen MR) is 76.2 cm³/mol. The van der Waals surface area contributed by atoms with Crippen molar-refractivity contribution in [3.05, 3.63) is 0 Å². The van der Waals surface area contributed by atoms with Gasteiger partial charge in [0, 0.05) is 13.1 Å². The van der Waals surface area contributed by atoms with Crippen molar-refractivity contribution in [3.63, 3.8) is 0 Å². The molecule has 0 radical (unpaired) electrons. The van der Waals surface area contributed by atoms with Gasteiger partial charge in [-0.2, -0.15) is 0 Å². The Hall–Kier alpha value is -1.26. The Kier molecular flexibility index (Phi) is 9.00. The summed E-state index contributed by atoms with van der Waals surface area (Å²) in [5, 5.41) is 14.7. The van der Waals surface area contributed by atoms with E-state index in [2.05, 4.69) is 17.6 Å². The first-order valence-electron chi connectivity index (χ1n) is 7.27. The quantitative estimate of drug-likeness (QED) is 0.535. The number of aliphatic carboxylic acids is 1. The normalized spacial score (nSPS) is 11.1. The summed E-state index contributed by atoms with van der Waals surface area (Å²) in [6.45, 7) is 6.63.